The lowest BCUT2D eigenvalue weighted by Crippen LogP contribution is -2.54. The number of piperazine rings is 1. The first-order chi connectivity index (χ1) is 19.1. The van der Waals surface area contributed by atoms with Crippen molar-refractivity contribution in [3.63, 3.8) is 0 Å². The molecule has 1 atom stereocenters. The number of anilines is 1. The average Bonchev–Trinajstić information content (AvgIpc) is 3.15. The summed E-state index contributed by atoms with van der Waals surface area (Å²) in [6.45, 7) is 9.82. The summed E-state index contributed by atoms with van der Waals surface area (Å²) in [6, 6.07) is 7.55. The summed E-state index contributed by atoms with van der Waals surface area (Å²) >= 11 is 0. The lowest BCUT2D eigenvalue weighted by Gasteiger charge is -2.38. The van der Waals surface area contributed by atoms with Gasteiger partial charge in [-0.15, -0.1) is 0 Å². The molecule has 1 aromatic heterocycles. The number of nitrogens with zero attached hydrogens (tertiary/aromatic N) is 5. The SMILES string of the molecule is Cc1cc(-n2ccc(NC(=O)N3CCN(C(=O)C(C)(C)CO)CC3)nc2=O)ccc1CCN1CCCC(N)CC1. The van der Waals surface area contributed by atoms with Crippen LogP contribution in [0.1, 0.15) is 44.2 Å². The molecule has 0 bridgehead atoms. The summed E-state index contributed by atoms with van der Waals surface area (Å²) in [4.78, 5) is 48.0. The number of aliphatic hydroxyl groups excluding tert-OH is 1. The van der Waals surface area contributed by atoms with Crippen LogP contribution in [0.4, 0.5) is 10.6 Å². The van der Waals surface area contributed by atoms with Gasteiger partial charge in [-0.05, 0) is 88.9 Å². The van der Waals surface area contributed by atoms with E-state index in [9.17, 15) is 19.5 Å². The van der Waals surface area contributed by atoms with Crippen LogP contribution in [-0.2, 0) is 11.2 Å². The fraction of sp³-hybridized carbons (Fsp3) is 0.586. The molecule has 0 aliphatic carbocycles. The van der Waals surface area contributed by atoms with Crippen molar-refractivity contribution in [3.05, 3.63) is 52.1 Å². The van der Waals surface area contributed by atoms with E-state index in [-0.39, 0.29) is 24.4 Å². The fourth-order valence-corrected chi connectivity index (χ4v) is 5.26. The van der Waals surface area contributed by atoms with Gasteiger partial charge in [-0.2, -0.15) is 4.98 Å². The number of carbonyl (C=O) groups is 2. The number of aryl methyl sites for hydroxylation is 1. The van der Waals surface area contributed by atoms with Gasteiger partial charge in [-0.25, -0.2) is 9.59 Å². The third kappa shape index (κ3) is 7.26. The molecule has 2 saturated heterocycles. The molecule has 0 saturated carbocycles. The molecule has 11 heteroatoms. The number of rotatable bonds is 7. The van der Waals surface area contributed by atoms with Crippen LogP contribution in [0, 0.1) is 12.3 Å². The van der Waals surface area contributed by atoms with Gasteiger partial charge in [0.25, 0.3) is 0 Å². The van der Waals surface area contributed by atoms with Gasteiger partial charge in [-0.1, -0.05) is 6.07 Å². The molecular formula is C29H43N7O4. The van der Waals surface area contributed by atoms with Gasteiger partial charge < -0.3 is 25.5 Å². The quantitative estimate of drug-likeness (QED) is 0.474. The van der Waals surface area contributed by atoms with Gasteiger partial charge in [-0.3, -0.25) is 14.7 Å². The highest BCUT2D eigenvalue weighted by molar-refractivity contribution is 5.88. The van der Waals surface area contributed by atoms with Gasteiger partial charge in [0.2, 0.25) is 5.91 Å². The second-order valence-corrected chi connectivity index (χ2v) is 11.6. The molecular weight excluding hydrogens is 510 g/mol. The Bertz CT molecular complexity index is 1250. The van der Waals surface area contributed by atoms with Crippen LogP contribution >= 0.6 is 0 Å². The van der Waals surface area contributed by atoms with E-state index in [0.29, 0.717) is 32.2 Å². The van der Waals surface area contributed by atoms with Crippen molar-refractivity contribution in [2.24, 2.45) is 11.1 Å². The van der Waals surface area contributed by atoms with Crippen LogP contribution in [0.2, 0.25) is 0 Å². The average molecular weight is 554 g/mol. The third-order valence-electron chi connectivity index (χ3n) is 8.03. The monoisotopic (exact) mass is 553 g/mol. The molecule has 1 aromatic carbocycles. The van der Waals surface area contributed by atoms with E-state index >= 15 is 0 Å². The van der Waals surface area contributed by atoms with E-state index in [0.717, 1.165) is 56.6 Å². The first-order valence-corrected chi connectivity index (χ1v) is 14.2. The van der Waals surface area contributed by atoms with Crippen molar-refractivity contribution >= 4 is 17.8 Å². The van der Waals surface area contributed by atoms with Crippen LogP contribution < -0.4 is 16.7 Å². The molecule has 0 radical (unpaired) electrons. The van der Waals surface area contributed by atoms with Crippen LogP contribution in [0.15, 0.2) is 35.3 Å². The van der Waals surface area contributed by atoms with Crippen molar-refractivity contribution in [3.8, 4) is 5.69 Å². The molecule has 2 fully saturated rings. The minimum atomic E-state index is -0.848. The molecule has 40 heavy (non-hydrogen) atoms. The highest BCUT2D eigenvalue weighted by atomic mass is 16.3. The van der Waals surface area contributed by atoms with Gasteiger partial charge in [0.1, 0.15) is 5.82 Å². The number of carbonyl (C=O) groups excluding carboxylic acids is 2. The Morgan fingerprint density at radius 1 is 1.07 bits per heavy atom. The lowest BCUT2D eigenvalue weighted by atomic mass is 9.92. The zero-order valence-electron chi connectivity index (χ0n) is 23.9. The molecule has 1 unspecified atom stereocenters. The van der Waals surface area contributed by atoms with E-state index in [1.54, 1.807) is 35.9 Å². The Kier molecular flexibility index (Phi) is 9.60. The maximum absolute atomic E-state index is 12.8. The molecule has 2 aliphatic heterocycles. The minimum Gasteiger partial charge on any atom is -0.395 e. The number of nitrogens with two attached hydrogens (primary N) is 1. The summed E-state index contributed by atoms with van der Waals surface area (Å²) in [5.41, 5.74) is 7.88. The predicted molar refractivity (Wildman–Crippen MR) is 155 cm³/mol. The molecule has 2 aromatic rings. The number of amides is 3. The highest BCUT2D eigenvalue weighted by Crippen LogP contribution is 2.20. The van der Waals surface area contributed by atoms with Gasteiger partial charge in [0.15, 0.2) is 0 Å². The van der Waals surface area contributed by atoms with E-state index in [1.807, 2.05) is 12.1 Å². The van der Waals surface area contributed by atoms with Crippen LogP contribution in [0.3, 0.4) is 0 Å². The molecule has 218 valence electrons. The second kappa shape index (κ2) is 12.9. The molecule has 11 nitrogen and oxygen atoms in total. The lowest BCUT2D eigenvalue weighted by molar-refractivity contribution is -0.143. The first-order valence-electron chi connectivity index (χ1n) is 14.2. The van der Waals surface area contributed by atoms with Crippen molar-refractivity contribution in [2.45, 2.75) is 52.5 Å². The number of aromatic nitrogens is 2. The predicted octanol–water partition coefficient (Wildman–Crippen LogP) is 1.59. The van der Waals surface area contributed by atoms with Crippen molar-refractivity contribution in [1.29, 1.82) is 0 Å². The maximum Gasteiger partial charge on any atom is 0.354 e. The number of hydrogen-bond acceptors (Lipinski definition) is 7. The number of nitrogens with one attached hydrogen (secondary N) is 1. The molecule has 0 spiro atoms. The normalized spacial score (nSPS) is 18.9. The minimum absolute atomic E-state index is 0.133. The Labute approximate surface area is 236 Å². The van der Waals surface area contributed by atoms with Crippen molar-refractivity contribution in [1.82, 2.24) is 24.3 Å². The Morgan fingerprint density at radius 3 is 2.48 bits per heavy atom. The van der Waals surface area contributed by atoms with E-state index in [4.69, 9.17) is 5.73 Å². The van der Waals surface area contributed by atoms with Gasteiger partial charge in [0.05, 0.1) is 17.7 Å². The summed E-state index contributed by atoms with van der Waals surface area (Å²) < 4.78 is 1.47. The first kappa shape index (κ1) is 29.7. The number of likely N-dealkylation sites (tertiary alicyclic amines) is 1. The van der Waals surface area contributed by atoms with E-state index in [2.05, 4.69) is 28.2 Å². The summed E-state index contributed by atoms with van der Waals surface area (Å²) in [6.07, 6.45) is 5.85. The Balaban J connectivity index is 1.32. The number of urea groups is 1. The Hall–Kier alpha value is -3.28. The van der Waals surface area contributed by atoms with Crippen molar-refractivity contribution in [2.75, 3.05) is 57.7 Å². The smallest absolute Gasteiger partial charge is 0.354 e. The largest absolute Gasteiger partial charge is 0.395 e. The van der Waals surface area contributed by atoms with Gasteiger partial charge in [0, 0.05) is 45.0 Å². The van der Waals surface area contributed by atoms with Crippen LogP contribution in [-0.4, -0.2) is 99.8 Å². The van der Waals surface area contributed by atoms with Gasteiger partial charge >= 0.3 is 11.7 Å². The summed E-state index contributed by atoms with van der Waals surface area (Å²) in [5, 5.41) is 12.2. The molecule has 2 aliphatic rings. The second-order valence-electron chi connectivity index (χ2n) is 11.6. The molecule has 3 heterocycles. The highest BCUT2D eigenvalue weighted by Gasteiger charge is 2.34. The molecule has 4 N–H and O–H groups in total. The van der Waals surface area contributed by atoms with Crippen LogP contribution in [0.5, 0.6) is 0 Å². The number of hydrogen-bond donors (Lipinski definition) is 3. The summed E-state index contributed by atoms with van der Waals surface area (Å²) in [7, 11) is 0. The zero-order valence-corrected chi connectivity index (χ0v) is 23.9. The van der Waals surface area contributed by atoms with Crippen LogP contribution in [0.25, 0.3) is 5.69 Å². The maximum atomic E-state index is 12.8. The Morgan fingerprint density at radius 2 is 1.80 bits per heavy atom. The summed E-state index contributed by atoms with van der Waals surface area (Å²) in [5.74, 6) is 0.0443. The van der Waals surface area contributed by atoms with Crippen molar-refractivity contribution < 1.29 is 14.7 Å². The fourth-order valence-electron chi connectivity index (χ4n) is 5.26. The molecule has 4 rings (SSSR count). The number of benzene rings is 1. The third-order valence-corrected chi connectivity index (χ3v) is 8.03. The van der Waals surface area contributed by atoms with E-state index < -0.39 is 11.1 Å². The van der Waals surface area contributed by atoms with E-state index in [1.165, 1.54) is 10.1 Å². The topological polar surface area (TPSA) is 137 Å². The standard InChI is InChI=1S/C29H43N7O4/c1-21-19-24(7-6-22(21)8-12-33-11-4-5-23(30)9-13-33)36-14-10-25(32-28(36)40)31-27(39)35-17-15-34(16-18-35)26(38)29(2,3)20-37/h6-7,10,14,19,23,37H,4-5,8-9,11-13,15-18,20,30H2,1-3H3,(H,31,32,39,40). The molecule has 3 amide bonds. The zero-order chi connectivity index (χ0) is 28.9. The number of aliphatic hydroxyl groups is 1.